The second-order valence-corrected chi connectivity index (χ2v) is 7.18. The van der Waals surface area contributed by atoms with Crippen LogP contribution in [-0.2, 0) is 6.61 Å². The lowest BCUT2D eigenvalue weighted by atomic mass is 10.0. The van der Waals surface area contributed by atoms with Gasteiger partial charge in [-0.1, -0.05) is 42.5 Å². The van der Waals surface area contributed by atoms with Gasteiger partial charge in [-0.15, -0.1) is 0 Å². The van der Waals surface area contributed by atoms with E-state index in [2.05, 4.69) is 28.7 Å². The van der Waals surface area contributed by atoms with Crippen molar-refractivity contribution >= 4 is 39.9 Å². The van der Waals surface area contributed by atoms with Crippen molar-refractivity contribution in [2.45, 2.75) is 6.61 Å². The Labute approximate surface area is 176 Å². The molecule has 3 rings (SSSR count). The van der Waals surface area contributed by atoms with E-state index in [1.165, 1.54) is 12.1 Å². The Hall–Kier alpha value is -3.18. The molecule has 0 unspecified atom stereocenters. The Morgan fingerprint density at radius 1 is 1.11 bits per heavy atom. The van der Waals surface area contributed by atoms with Gasteiger partial charge in [0.25, 0.3) is 5.69 Å². The first-order valence-electron chi connectivity index (χ1n) is 8.40. The molecule has 0 saturated carbocycles. The lowest BCUT2D eigenvalue weighted by Gasteiger charge is -2.10. The van der Waals surface area contributed by atoms with Crippen molar-refractivity contribution in [3.63, 3.8) is 0 Å². The third kappa shape index (κ3) is 4.96. The maximum absolute atomic E-state index is 11.0. The fourth-order valence-corrected chi connectivity index (χ4v) is 2.96. The summed E-state index contributed by atoms with van der Waals surface area (Å²) in [4.78, 5) is 10.5. The van der Waals surface area contributed by atoms with Gasteiger partial charge in [0, 0.05) is 21.3 Å². The number of nitro benzene ring substituents is 1. The van der Waals surface area contributed by atoms with Crippen LogP contribution in [0, 0.1) is 25.0 Å². The van der Waals surface area contributed by atoms with Crippen LogP contribution in [0.1, 0.15) is 16.7 Å². The summed E-state index contributed by atoms with van der Waals surface area (Å²) >= 11 is 2.25. The topological polar surface area (TPSA) is 76.2 Å². The Morgan fingerprint density at radius 3 is 2.57 bits per heavy atom. The zero-order valence-electron chi connectivity index (χ0n) is 14.7. The van der Waals surface area contributed by atoms with Crippen LogP contribution in [0.15, 0.2) is 72.8 Å². The predicted octanol–water partition coefficient (Wildman–Crippen LogP) is 5.84. The number of nitrogens with zero attached hydrogens (tertiary/aromatic N) is 2. The molecular formula is C22H15IN2O3. The van der Waals surface area contributed by atoms with Crippen LogP contribution in [0.3, 0.4) is 0 Å². The molecule has 0 aliphatic rings. The van der Waals surface area contributed by atoms with Crippen molar-refractivity contribution in [3.05, 3.63) is 103 Å². The average molecular weight is 482 g/mol. The van der Waals surface area contributed by atoms with Gasteiger partial charge in [0.15, 0.2) is 0 Å². The minimum absolute atomic E-state index is 0.0538. The van der Waals surface area contributed by atoms with Gasteiger partial charge in [0.1, 0.15) is 12.4 Å². The van der Waals surface area contributed by atoms with Gasteiger partial charge in [-0.3, -0.25) is 10.1 Å². The molecular weight excluding hydrogens is 467 g/mol. The lowest BCUT2D eigenvalue weighted by Crippen LogP contribution is -1.97. The molecule has 0 saturated heterocycles. The van der Waals surface area contributed by atoms with Crippen molar-refractivity contribution in [1.82, 2.24) is 0 Å². The molecule has 0 fully saturated rings. The van der Waals surface area contributed by atoms with E-state index in [9.17, 15) is 15.4 Å². The van der Waals surface area contributed by atoms with Gasteiger partial charge in [-0.2, -0.15) is 5.26 Å². The molecule has 0 N–H and O–H groups in total. The van der Waals surface area contributed by atoms with Crippen LogP contribution < -0.4 is 4.74 Å². The molecule has 0 aromatic heterocycles. The number of hydrogen-bond donors (Lipinski definition) is 0. The molecule has 3 aromatic rings. The van der Waals surface area contributed by atoms with Crippen molar-refractivity contribution in [2.75, 3.05) is 0 Å². The first-order chi connectivity index (χ1) is 13.6. The van der Waals surface area contributed by atoms with Crippen LogP contribution >= 0.6 is 22.6 Å². The van der Waals surface area contributed by atoms with Gasteiger partial charge in [0.2, 0.25) is 0 Å². The predicted molar refractivity (Wildman–Crippen MR) is 117 cm³/mol. The first-order valence-corrected chi connectivity index (χ1v) is 9.47. The number of rotatable bonds is 6. The summed E-state index contributed by atoms with van der Waals surface area (Å²) in [6.07, 6.45) is 1.68. The summed E-state index contributed by atoms with van der Waals surface area (Å²) in [5, 5.41) is 20.6. The Morgan fingerprint density at radius 2 is 1.86 bits per heavy atom. The molecule has 5 nitrogen and oxygen atoms in total. The summed E-state index contributed by atoms with van der Waals surface area (Å²) in [5.74, 6) is 0.638. The summed E-state index contributed by atoms with van der Waals surface area (Å²) in [7, 11) is 0. The van der Waals surface area contributed by atoms with Crippen LogP contribution in [0.2, 0.25) is 0 Å². The van der Waals surface area contributed by atoms with Gasteiger partial charge in [0.05, 0.1) is 16.6 Å². The van der Waals surface area contributed by atoms with E-state index in [1.54, 1.807) is 18.2 Å². The van der Waals surface area contributed by atoms with Crippen molar-refractivity contribution in [3.8, 4) is 11.8 Å². The highest BCUT2D eigenvalue weighted by atomic mass is 127. The number of halogens is 1. The molecule has 6 heteroatoms. The quantitative estimate of drug-likeness (QED) is 0.145. The normalized spacial score (nSPS) is 10.9. The summed E-state index contributed by atoms with van der Waals surface area (Å²) < 4.78 is 7.09. The fourth-order valence-electron chi connectivity index (χ4n) is 2.60. The number of non-ortho nitro benzene ring substituents is 1. The Balaban J connectivity index is 1.88. The molecule has 138 valence electrons. The number of ether oxygens (including phenoxy) is 1. The number of nitriles is 1. The molecule has 0 spiro atoms. The Bertz CT molecular complexity index is 1070. The van der Waals surface area contributed by atoms with Crippen LogP contribution in [-0.4, -0.2) is 4.92 Å². The lowest BCUT2D eigenvalue weighted by molar-refractivity contribution is -0.384. The fraction of sp³-hybridized carbons (Fsp3) is 0.0455. The van der Waals surface area contributed by atoms with E-state index in [0.717, 1.165) is 14.7 Å². The second kappa shape index (κ2) is 9.15. The van der Waals surface area contributed by atoms with Gasteiger partial charge in [-0.05, 0) is 58.0 Å². The molecule has 0 atom stereocenters. The average Bonchev–Trinajstić information content (AvgIpc) is 2.72. The zero-order chi connectivity index (χ0) is 19.9. The smallest absolute Gasteiger partial charge is 0.270 e. The molecule has 3 aromatic carbocycles. The van der Waals surface area contributed by atoms with E-state index in [0.29, 0.717) is 23.5 Å². The minimum Gasteiger partial charge on any atom is -0.488 e. The third-order valence-electron chi connectivity index (χ3n) is 4.01. The van der Waals surface area contributed by atoms with Gasteiger partial charge >= 0.3 is 0 Å². The monoisotopic (exact) mass is 482 g/mol. The highest BCUT2D eigenvalue weighted by Gasteiger charge is 2.10. The van der Waals surface area contributed by atoms with E-state index in [4.69, 9.17) is 4.74 Å². The molecule has 0 bridgehead atoms. The SMILES string of the molecule is N#CC(=Cc1ccccc1OCc1ccc(I)cc1)c1cccc([N+](=O)[O-])c1. The first kappa shape index (κ1) is 19.6. The van der Waals surface area contributed by atoms with Crippen LogP contribution in [0.25, 0.3) is 11.6 Å². The third-order valence-corrected chi connectivity index (χ3v) is 4.73. The highest BCUT2D eigenvalue weighted by Crippen LogP contribution is 2.27. The molecule has 28 heavy (non-hydrogen) atoms. The molecule has 0 amide bonds. The standard InChI is InChI=1S/C22H15IN2O3/c23-20-10-8-16(9-11-20)15-28-22-7-2-1-4-18(22)12-19(14-24)17-5-3-6-21(13-17)25(26)27/h1-13H,15H2. The van der Waals surface area contributed by atoms with E-state index < -0.39 is 4.92 Å². The highest BCUT2D eigenvalue weighted by molar-refractivity contribution is 14.1. The van der Waals surface area contributed by atoms with Gasteiger partial charge < -0.3 is 4.74 Å². The van der Waals surface area contributed by atoms with Crippen LogP contribution in [0.4, 0.5) is 5.69 Å². The van der Waals surface area contributed by atoms with E-state index >= 15 is 0 Å². The summed E-state index contributed by atoms with van der Waals surface area (Å²) in [5.41, 5.74) is 2.54. The summed E-state index contributed by atoms with van der Waals surface area (Å²) in [6.45, 7) is 0.403. The molecule has 0 heterocycles. The molecule has 0 aliphatic carbocycles. The molecule has 0 aliphatic heterocycles. The second-order valence-electron chi connectivity index (χ2n) is 5.93. The number of nitro groups is 1. The zero-order valence-corrected chi connectivity index (χ0v) is 16.9. The number of benzene rings is 3. The van der Waals surface area contributed by atoms with Crippen molar-refractivity contribution in [1.29, 1.82) is 5.26 Å². The summed E-state index contributed by atoms with van der Waals surface area (Å²) in [6, 6.07) is 23.6. The number of para-hydroxylation sites is 1. The minimum atomic E-state index is -0.476. The van der Waals surface area contributed by atoms with Crippen molar-refractivity contribution < 1.29 is 9.66 Å². The number of hydrogen-bond acceptors (Lipinski definition) is 4. The maximum atomic E-state index is 11.0. The number of allylic oxidation sites excluding steroid dienone is 1. The van der Waals surface area contributed by atoms with Gasteiger partial charge in [-0.25, -0.2) is 0 Å². The molecule has 0 radical (unpaired) electrons. The largest absolute Gasteiger partial charge is 0.488 e. The Kier molecular flexibility index (Phi) is 6.40. The van der Waals surface area contributed by atoms with E-state index in [-0.39, 0.29) is 5.69 Å². The maximum Gasteiger partial charge on any atom is 0.270 e. The van der Waals surface area contributed by atoms with Crippen LogP contribution in [0.5, 0.6) is 5.75 Å². The van der Waals surface area contributed by atoms with Crippen molar-refractivity contribution in [2.24, 2.45) is 0 Å². The van der Waals surface area contributed by atoms with E-state index in [1.807, 2.05) is 48.5 Å².